The van der Waals surface area contributed by atoms with Crippen LogP contribution in [-0.2, 0) is 0 Å². The molecule has 0 amide bonds. The lowest BCUT2D eigenvalue weighted by molar-refractivity contribution is 0.120. The molecule has 0 aromatic carbocycles. The Morgan fingerprint density at radius 1 is 1.45 bits per heavy atom. The quantitative estimate of drug-likeness (QED) is 0.911. The molecular weight excluding hydrogens is 259 g/mol. The van der Waals surface area contributed by atoms with Crippen molar-refractivity contribution in [3.8, 4) is 0 Å². The van der Waals surface area contributed by atoms with Crippen molar-refractivity contribution in [3.05, 3.63) is 28.8 Å². The number of nitrogens with zero attached hydrogens (tertiary/aromatic N) is 3. The third kappa shape index (κ3) is 2.26. The van der Waals surface area contributed by atoms with Gasteiger partial charge in [0.1, 0.15) is 17.1 Å². The van der Waals surface area contributed by atoms with Crippen molar-refractivity contribution < 1.29 is 4.39 Å². The number of pyridine rings is 1. The van der Waals surface area contributed by atoms with Crippen LogP contribution < -0.4 is 10.6 Å². The zero-order chi connectivity index (χ0) is 14.2. The van der Waals surface area contributed by atoms with Gasteiger partial charge >= 0.3 is 5.69 Å². The van der Waals surface area contributed by atoms with E-state index >= 15 is 0 Å². The van der Waals surface area contributed by atoms with Gasteiger partial charge in [0.25, 0.3) is 0 Å². The molecule has 2 aromatic heterocycles. The summed E-state index contributed by atoms with van der Waals surface area (Å²) in [6.07, 6.45) is 3.10. The van der Waals surface area contributed by atoms with E-state index in [0.29, 0.717) is 43.8 Å². The van der Waals surface area contributed by atoms with Crippen molar-refractivity contribution in [2.45, 2.75) is 31.9 Å². The molecule has 1 aliphatic heterocycles. The minimum atomic E-state index is -1.08. The molecule has 0 unspecified atom stereocenters. The highest BCUT2D eigenvalue weighted by molar-refractivity contribution is 5.86. The summed E-state index contributed by atoms with van der Waals surface area (Å²) >= 11 is 0. The van der Waals surface area contributed by atoms with E-state index < -0.39 is 11.4 Å². The summed E-state index contributed by atoms with van der Waals surface area (Å²) in [7, 11) is 0. The molecule has 3 heterocycles. The first-order chi connectivity index (χ1) is 9.61. The van der Waals surface area contributed by atoms with Gasteiger partial charge in [0, 0.05) is 19.3 Å². The van der Waals surface area contributed by atoms with Gasteiger partial charge in [0.05, 0.1) is 5.39 Å². The summed E-state index contributed by atoms with van der Waals surface area (Å²) in [5, 5.41) is 0.801. The van der Waals surface area contributed by atoms with Crippen LogP contribution in [-0.4, -0.2) is 33.7 Å². The summed E-state index contributed by atoms with van der Waals surface area (Å²) in [6.45, 7) is 3.02. The topological polar surface area (TPSA) is 61.9 Å². The third-order valence-corrected chi connectivity index (χ3v) is 4.07. The number of rotatable bonds is 2. The van der Waals surface area contributed by atoms with Gasteiger partial charge in [-0.25, -0.2) is 14.2 Å². The Hall–Kier alpha value is -1.98. The average molecular weight is 276 g/mol. The van der Waals surface area contributed by atoms with Gasteiger partial charge < -0.3 is 4.90 Å². The summed E-state index contributed by atoms with van der Waals surface area (Å²) in [5.41, 5.74) is -0.972. The molecule has 6 heteroatoms. The van der Waals surface area contributed by atoms with E-state index in [4.69, 9.17) is 0 Å². The number of aromatic nitrogens is 3. The first-order valence-corrected chi connectivity index (χ1v) is 6.90. The van der Waals surface area contributed by atoms with Gasteiger partial charge in [-0.05, 0) is 31.4 Å². The van der Waals surface area contributed by atoms with Gasteiger partial charge in [0.2, 0.25) is 0 Å². The van der Waals surface area contributed by atoms with Crippen molar-refractivity contribution in [3.63, 3.8) is 0 Å². The fraction of sp³-hybridized carbons (Fsp3) is 0.500. The molecule has 5 nitrogen and oxygen atoms in total. The molecule has 0 aliphatic carbocycles. The number of H-pyrrole nitrogens is 1. The van der Waals surface area contributed by atoms with Crippen molar-refractivity contribution in [1.82, 2.24) is 15.0 Å². The molecule has 1 saturated heterocycles. The second kappa shape index (κ2) is 4.85. The number of alkyl halides is 1. The van der Waals surface area contributed by atoms with Crippen LogP contribution in [0.25, 0.3) is 11.0 Å². The number of aromatic amines is 1. The molecule has 1 aliphatic rings. The zero-order valence-corrected chi connectivity index (χ0v) is 11.4. The van der Waals surface area contributed by atoms with Crippen LogP contribution in [0.15, 0.2) is 23.1 Å². The van der Waals surface area contributed by atoms with E-state index in [1.807, 2.05) is 17.9 Å². The maximum Gasteiger partial charge on any atom is 0.348 e. The maximum atomic E-state index is 14.3. The number of nitrogens with one attached hydrogen (secondary N) is 1. The molecule has 0 radical (unpaired) electrons. The molecule has 0 bridgehead atoms. The molecule has 20 heavy (non-hydrogen) atoms. The average Bonchev–Trinajstić information content (AvgIpc) is 2.47. The summed E-state index contributed by atoms with van der Waals surface area (Å²) in [6, 6.07) is 3.68. The highest BCUT2D eigenvalue weighted by atomic mass is 19.1. The maximum absolute atomic E-state index is 14.3. The van der Waals surface area contributed by atoms with Crippen LogP contribution in [0.2, 0.25) is 0 Å². The predicted molar refractivity (Wildman–Crippen MR) is 75.7 cm³/mol. The SMILES string of the molecule is CCC1(F)CCN(c2nc(=O)[nH]c3ncccc23)CC1. The molecule has 106 valence electrons. The predicted octanol–water partition coefficient (Wildman–Crippen LogP) is 2.04. The number of hydrogen-bond donors (Lipinski definition) is 1. The van der Waals surface area contributed by atoms with Crippen LogP contribution in [0.5, 0.6) is 0 Å². The molecule has 3 rings (SSSR count). The largest absolute Gasteiger partial charge is 0.356 e. The number of fused-ring (bicyclic) bond motifs is 1. The molecule has 1 N–H and O–H groups in total. The monoisotopic (exact) mass is 276 g/mol. The minimum Gasteiger partial charge on any atom is -0.356 e. The van der Waals surface area contributed by atoms with Gasteiger partial charge in [-0.1, -0.05) is 6.92 Å². The Kier molecular flexibility index (Phi) is 3.16. The van der Waals surface area contributed by atoms with Gasteiger partial charge in [-0.2, -0.15) is 4.98 Å². The van der Waals surface area contributed by atoms with Gasteiger partial charge in [0.15, 0.2) is 0 Å². The van der Waals surface area contributed by atoms with Crippen LogP contribution in [0, 0.1) is 0 Å². The Bertz CT molecular complexity index is 676. The molecular formula is C14H17FN4O. The molecule has 0 atom stereocenters. The van der Waals surface area contributed by atoms with Crippen molar-refractivity contribution in [2.75, 3.05) is 18.0 Å². The van der Waals surface area contributed by atoms with E-state index in [2.05, 4.69) is 15.0 Å². The normalized spacial score (nSPS) is 18.4. The Morgan fingerprint density at radius 3 is 2.90 bits per heavy atom. The lowest BCUT2D eigenvalue weighted by Gasteiger charge is -2.36. The van der Waals surface area contributed by atoms with Crippen LogP contribution >= 0.6 is 0 Å². The minimum absolute atomic E-state index is 0.418. The second-order valence-electron chi connectivity index (χ2n) is 5.26. The Morgan fingerprint density at radius 2 is 2.20 bits per heavy atom. The molecule has 2 aromatic rings. The Labute approximate surface area is 115 Å². The van der Waals surface area contributed by atoms with E-state index in [9.17, 15) is 9.18 Å². The summed E-state index contributed by atoms with van der Waals surface area (Å²) in [5.74, 6) is 0.606. The van der Waals surface area contributed by atoms with Crippen LogP contribution in [0.3, 0.4) is 0 Å². The third-order valence-electron chi connectivity index (χ3n) is 4.07. The van der Waals surface area contributed by atoms with Gasteiger partial charge in [-0.3, -0.25) is 4.98 Å². The van der Waals surface area contributed by atoms with E-state index in [-0.39, 0.29) is 0 Å². The fourth-order valence-corrected chi connectivity index (χ4v) is 2.68. The van der Waals surface area contributed by atoms with Crippen LogP contribution in [0.4, 0.5) is 10.2 Å². The zero-order valence-electron chi connectivity index (χ0n) is 11.4. The number of halogens is 1. The fourth-order valence-electron chi connectivity index (χ4n) is 2.68. The van der Waals surface area contributed by atoms with Crippen LogP contribution in [0.1, 0.15) is 26.2 Å². The van der Waals surface area contributed by atoms with Crippen molar-refractivity contribution in [2.24, 2.45) is 0 Å². The number of piperidine rings is 1. The second-order valence-corrected chi connectivity index (χ2v) is 5.26. The lowest BCUT2D eigenvalue weighted by Crippen LogP contribution is -2.42. The number of hydrogen-bond acceptors (Lipinski definition) is 4. The lowest BCUT2D eigenvalue weighted by atomic mass is 9.91. The van der Waals surface area contributed by atoms with E-state index in [1.165, 1.54) is 0 Å². The van der Waals surface area contributed by atoms with Crippen molar-refractivity contribution >= 4 is 16.9 Å². The highest BCUT2D eigenvalue weighted by Gasteiger charge is 2.33. The standard InChI is InChI=1S/C14H17FN4O/c1-2-14(15)5-8-19(9-6-14)12-10-4-3-7-16-11(10)17-13(20)18-12/h3-4,7H,2,5-6,8-9H2,1H3,(H,16,17,18,20). The molecule has 0 saturated carbocycles. The van der Waals surface area contributed by atoms with E-state index in [1.54, 1.807) is 12.3 Å². The highest BCUT2D eigenvalue weighted by Crippen LogP contribution is 2.32. The smallest absolute Gasteiger partial charge is 0.348 e. The van der Waals surface area contributed by atoms with Gasteiger partial charge in [-0.15, -0.1) is 0 Å². The summed E-state index contributed by atoms with van der Waals surface area (Å²) in [4.78, 5) is 24.4. The molecule has 1 fully saturated rings. The Balaban J connectivity index is 1.97. The first-order valence-electron chi connectivity index (χ1n) is 6.90. The van der Waals surface area contributed by atoms with E-state index in [0.717, 1.165) is 5.39 Å². The molecule has 0 spiro atoms. The first kappa shape index (κ1) is 13.0. The summed E-state index contributed by atoms with van der Waals surface area (Å²) < 4.78 is 14.3. The van der Waals surface area contributed by atoms with Crippen molar-refractivity contribution in [1.29, 1.82) is 0 Å². The number of anilines is 1.